The molecule has 1 rings (SSSR count). The Hall–Kier alpha value is -1.63. The van der Waals surface area contributed by atoms with Gasteiger partial charge < -0.3 is 35.0 Å². The molecule has 0 aromatic carbocycles. The largest absolute Gasteiger partial charge is 0.481 e. The molecule has 1 heterocycles. The quantitative estimate of drug-likeness (QED) is 0.205. The van der Waals surface area contributed by atoms with Crippen molar-refractivity contribution in [1.82, 2.24) is 15.0 Å². The van der Waals surface area contributed by atoms with E-state index < -0.39 is 5.97 Å². The Bertz CT molecular complexity index is 516. The lowest BCUT2D eigenvalue weighted by Gasteiger charge is -2.20. The number of ether oxygens (including phenoxy) is 2. The van der Waals surface area contributed by atoms with Gasteiger partial charge in [-0.25, -0.2) is 4.68 Å². The van der Waals surface area contributed by atoms with Crippen LogP contribution in [0.3, 0.4) is 0 Å². The number of aryl methyl sites for hydroxylation is 1. The summed E-state index contributed by atoms with van der Waals surface area (Å²) in [6, 6.07) is -0.350. The standard InChI is InChI=1S/C17H31N3O8/c21-5-13(6-22)9-27-11-16(12-28-10-14(7-23)8-24)20-4-15(18-19-20)2-1-3-17(25)26/h4,13-14,16,21-24H,1-3,5-12H2,(H,25,26). The van der Waals surface area contributed by atoms with E-state index in [1.165, 1.54) is 0 Å². The Balaban J connectivity index is 2.62. The second-order valence-electron chi connectivity index (χ2n) is 6.63. The second kappa shape index (κ2) is 14.4. The highest BCUT2D eigenvalue weighted by Crippen LogP contribution is 2.11. The highest BCUT2D eigenvalue weighted by molar-refractivity contribution is 5.66. The summed E-state index contributed by atoms with van der Waals surface area (Å²) < 4.78 is 12.7. The van der Waals surface area contributed by atoms with E-state index in [1.807, 2.05) is 0 Å². The molecule has 5 N–H and O–H groups in total. The van der Waals surface area contributed by atoms with E-state index in [-0.39, 0.29) is 77.2 Å². The maximum atomic E-state index is 10.6. The van der Waals surface area contributed by atoms with E-state index in [9.17, 15) is 4.79 Å². The lowest BCUT2D eigenvalue weighted by molar-refractivity contribution is -0.137. The fraction of sp³-hybridized carbons (Fsp3) is 0.824. The van der Waals surface area contributed by atoms with Crippen molar-refractivity contribution in [3.05, 3.63) is 11.9 Å². The van der Waals surface area contributed by atoms with Crippen molar-refractivity contribution in [2.24, 2.45) is 11.8 Å². The van der Waals surface area contributed by atoms with Crippen molar-refractivity contribution in [2.75, 3.05) is 52.9 Å². The van der Waals surface area contributed by atoms with Crippen molar-refractivity contribution in [2.45, 2.75) is 25.3 Å². The van der Waals surface area contributed by atoms with Crippen LogP contribution in [0.25, 0.3) is 0 Å². The number of aliphatic carboxylic acids is 1. The van der Waals surface area contributed by atoms with E-state index in [0.29, 0.717) is 18.5 Å². The molecule has 0 atom stereocenters. The van der Waals surface area contributed by atoms with E-state index in [4.69, 9.17) is 35.0 Å². The van der Waals surface area contributed by atoms with Gasteiger partial charge >= 0.3 is 5.97 Å². The van der Waals surface area contributed by atoms with Gasteiger partial charge in [-0.2, -0.15) is 0 Å². The van der Waals surface area contributed by atoms with Gasteiger partial charge in [0.1, 0.15) is 6.04 Å². The van der Waals surface area contributed by atoms with Crippen LogP contribution in [0.5, 0.6) is 0 Å². The average Bonchev–Trinajstić information content (AvgIpc) is 3.15. The van der Waals surface area contributed by atoms with Gasteiger partial charge in [0, 0.05) is 24.5 Å². The van der Waals surface area contributed by atoms with Crippen molar-refractivity contribution in [1.29, 1.82) is 0 Å². The summed E-state index contributed by atoms with van der Waals surface area (Å²) >= 11 is 0. The first-order chi connectivity index (χ1) is 13.5. The summed E-state index contributed by atoms with van der Waals surface area (Å²) in [5, 5.41) is 53.2. The van der Waals surface area contributed by atoms with Gasteiger partial charge in [0.15, 0.2) is 0 Å². The molecular weight excluding hydrogens is 374 g/mol. The highest BCUT2D eigenvalue weighted by atomic mass is 16.5. The fourth-order valence-corrected chi connectivity index (χ4v) is 2.30. The molecule has 0 aliphatic heterocycles. The number of carboxylic acid groups (broad SMARTS) is 1. The maximum Gasteiger partial charge on any atom is 0.303 e. The highest BCUT2D eigenvalue weighted by Gasteiger charge is 2.17. The minimum atomic E-state index is -0.864. The molecule has 0 radical (unpaired) electrons. The van der Waals surface area contributed by atoms with Crippen LogP contribution in [0.2, 0.25) is 0 Å². The van der Waals surface area contributed by atoms with Gasteiger partial charge in [0.2, 0.25) is 0 Å². The Morgan fingerprint density at radius 3 is 1.96 bits per heavy atom. The third-order valence-corrected chi connectivity index (χ3v) is 4.12. The molecule has 1 aromatic heterocycles. The number of hydrogen-bond acceptors (Lipinski definition) is 9. The van der Waals surface area contributed by atoms with Crippen molar-refractivity contribution >= 4 is 5.97 Å². The number of aliphatic hydroxyl groups is 4. The molecule has 0 saturated carbocycles. The summed E-state index contributed by atoms with van der Waals surface area (Å²) in [6.07, 6.45) is 2.68. The molecule has 11 heteroatoms. The summed E-state index contributed by atoms with van der Waals surface area (Å²) in [7, 11) is 0. The van der Waals surface area contributed by atoms with Crippen molar-refractivity contribution < 1.29 is 39.8 Å². The Morgan fingerprint density at radius 2 is 1.50 bits per heavy atom. The van der Waals surface area contributed by atoms with Crippen LogP contribution < -0.4 is 0 Å². The molecule has 0 aliphatic carbocycles. The number of nitrogens with zero attached hydrogens (tertiary/aromatic N) is 3. The van der Waals surface area contributed by atoms with E-state index in [2.05, 4.69) is 10.3 Å². The molecule has 162 valence electrons. The number of aromatic nitrogens is 3. The Morgan fingerprint density at radius 1 is 0.964 bits per heavy atom. The summed E-state index contributed by atoms with van der Waals surface area (Å²) in [5.74, 6) is -1.62. The van der Waals surface area contributed by atoms with Crippen LogP contribution in [0, 0.1) is 11.8 Å². The molecule has 0 bridgehead atoms. The monoisotopic (exact) mass is 405 g/mol. The van der Waals surface area contributed by atoms with E-state index in [1.54, 1.807) is 10.9 Å². The van der Waals surface area contributed by atoms with E-state index in [0.717, 1.165) is 0 Å². The number of rotatable bonds is 17. The third kappa shape index (κ3) is 9.53. The van der Waals surface area contributed by atoms with Crippen molar-refractivity contribution in [3.63, 3.8) is 0 Å². The lowest BCUT2D eigenvalue weighted by Crippen LogP contribution is -2.27. The van der Waals surface area contributed by atoms with Gasteiger partial charge in [-0.05, 0) is 12.8 Å². The van der Waals surface area contributed by atoms with Crippen LogP contribution in [0.1, 0.15) is 24.6 Å². The van der Waals surface area contributed by atoms with Gasteiger partial charge in [0.05, 0.1) is 58.5 Å². The molecule has 0 fully saturated rings. The van der Waals surface area contributed by atoms with E-state index >= 15 is 0 Å². The summed E-state index contributed by atoms with van der Waals surface area (Å²) in [6.45, 7) is -0.0482. The third-order valence-electron chi connectivity index (χ3n) is 4.12. The fourth-order valence-electron chi connectivity index (χ4n) is 2.30. The minimum Gasteiger partial charge on any atom is -0.481 e. The SMILES string of the molecule is O=C(O)CCCc1cn(C(COCC(CO)CO)COCC(CO)CO)nn1. The number of carboxylic acids is 1. The first-order valence-corrected chi connectivity index (χ1v) is 9.25. The maximum absolute atomic E-state index is 10.6. The Kier molecular flexibility index (Phi) is 12.5. The smallest absolute Gasteiger partial charge is 0.303 e. The topological polar surface area (TPSA) is 167 Å². The Labute approximate surface area is 163 Å². The minimum absolute atomic E-state index is 0.0515. The van der Waals surface area contributed by atoms with Crippen molar-refractivity contribution in [3.8, 4) is 0 Å². The predicted octanol–water partition coefficient (Wildman–Crippen LogP) is -1.54. The molecular formula is C17H31N3O8. The molecule has 0 unspecified atom stereocenters. The van der Waals surface area contributed by atoms with Gasteiger partial charge in [-0.3, -0.25) is 4.79 Å². The molecule has 0 aliphatic rings. The zero-order valence-corrected chi connectivity index (χ0v) is 15.9. The number of carbonyl (C=O) groups is 1. The van der Waals surface area contributed by atoms with Crippen LogP contribution in [0.15, 0.2) is 6.20 Å². The zero-order chi connectivity index (χ0) is 20.8. The number of hydrogen-bond donors (Lipinski definition) is 5. The lowest BCUT2D eigenvalue weighted by atomic mass is 10.2. The zero-order valence-electron chi connectivity index (χ0n) is 15.9. The molecule has 0 spiro atoms. The average molecular weight is 405 g/mol. The van der Waals surface area contributed by atoms with Crippen LogP contribution in [0.4, 0.5) is 0 Å². The van der Waals surface area contributed by atoms with Crippen LogP contribution in [-0.2, 0) is 20.7 Å². The summed E-state index contributed by atoms with van der Waals surface area (Å²) in [4.78, 5) is 10.6. The first kappa shape index (κ1) is 24.4. The number of aliphatic hydroxyl groups excluding tert-OH is 4. The van der Waals surface area contributed by atoms with Gasteiger partial charge in [0.25, 0.3) is 0 Å². The first-order valence-electron chi connectivity index (χ1n) is 9.25. The summed E-state index contributed by atoms with van der Waals surface area (Å²) in [5.41, 5.74) is 0.651. The van der Waals surface area contributed by atoms with Gasteiger partial charge in [-0.15, -0.1) is 5.10 Å². The molecule has 0 saturated heterocycles. The molecule has 11 nitrogen and oxygen atoms in total. The molecule has 0 amide bonds. The molecule has 1 aromatic rings. The second-order valence-corrected chi connectivity index (χ2v) is 6.63. The van der Waals surface area contributed by atoms with Gasteiger partial charge in [-0.1, -0.05) is 5.21 Å². The van der Waals surface area contributed by atoms with Crippen LogP contribution in [-0.4, -0.2) is 99.4 Å². The molecule has 28 heavy (non-hydrogen) atoms. The normalized spacial score (nSPS) is 11.8. The predicted molar refractivity (Wildman–Crippen MR) is 96.6 cm³/mol. The van der Waals surface area contributed by atoms with Crippen LogP contribution >= 0.6 is 0 Å².